The summed E-state index contributed by atoms with van der Waals surface area (Å²) < 4.78 is 0. The third kappa shape index (κ3) is 3.32. The number of nitro groups is 1. The minimum Gasteiger partial charge on any atom is -0.324 e. The molecule has 0 aliphatic rings. The highest BCUT2D eigenvalue weighted by molar-refractivity contribution is 5.35. The largest absolute Gasteiger partial charge is 0.324 e. The van der Waals surface area contributed by atoms with Crippen molar-refractivity contribution >= 4 is 5.69 Å². The Morgan fingerprint density at radius 1 is 1.53 bits per heavy atom. The second kappa shape index (κ2) is 5.46. The fraction of sp³-hybridized carbons (Fsp3) is 0.455. The van der Waals surface area contributed by atoms with Crippen LogP contribution in [0.3, 0.4) is 0 Å². The number of nitrogens with two attached hydrogens (primary N) is 1. The molecular formula is C11H16N2O2. The summed E-state index contributed by atoms with van der Waals surface area (Å²) in [7, 11) is 0. The fourth-order valence-electron chi connectivity index (χ4n) is 1.46. The van der Waals surface area contributed by atoms with Crippen molar-refractivity contribution in [1.82, 2.24) is 0 Å². The lowest BCUT2D eigenvalue weighted by Crippen LogP contribution is -2.10. The van der Waals surface area contributed by atoms with Gasteiger partial charge in [0.2, 0.25) is 0 Å². The van der Waals surface area contributed by atoms with Crippen molar-refractivity contribution in [3.05, 3.63) is 39.9 Å². The summed E-state index contributed by atoms with van der Waals surface area (Å²) in [6, 6.07) is 6.47. The van der Waals surface area contributed by atoms with Gasteiger partial charge in [-0.25, -0.2) is 0 Å². The number of non-ortho nitro benzene ring substituents is 1. The van der Waals surface area contributed by atoms with Crippen LogP contribution >= 0.6 is 0 Å². The Bertz CT molecular complexity index is 339. The minimum atomic E-state index is -0.393. The van der Waals surface area contributed by atoms with E-state index in [9.17, 15) is 10.1 Å². The Balaban J connectivity index is 2.76. The summed E-state index contributed by atoms with van der Waals surface area (Å²) in [5, 5.41) is 10.6. The molecule has 0 aliphatic carbocycles. The molecule has 2 N–H and O–H groups in total. The van der Waals surface area contributed by atoms with Gasteiger partial charge in [0.05, 0.1) is 4.92 Å². The normalized spacial score (nSPS) is 12.4. The zero-order chi connectivity index (χ0) is 11.3. The molecule has 0 aromatic heterocycles. The van der Waals surface area contributed by atoms with Crippen LogP contribution in [0, 0.1) is 10.1 Å². The second-order valence-corrected chi connectivity index (χ2v) is 3.60. The van der Waals surface area contributed by atoms with E-state index >= 15 is 0 Å². The lowest BCUT2D eigenvalue weighted by molar-refractivity contribution is -0.384. The quantitative estimate of drug-likeness (QED) is 0.597. The predicted molar refractivity (Wildman–Crippen MR) is 59.5 cm³/mol. The number of rotatable bonds is 5. The molecule has 0 heterocycles. The van der Waals surface area contributed by atoms with Crippen LogP contribution in [0.25, 0.3) is 0 Å². The van der Waals surface area contributed by atoms with Gasteiger partial charge in [-0.2, -0.15) is 0 Å². The third-order valence-electron chi connectivity index (χ3n) is 2.38. The Labute approximate surface area is 89.2 Å². The van der Waals surface area contributed by atoms with Crippen molar-refractivity contribution in [1.29, 1.82) is 0 Å². The fourth-order valence-corrected chi connectivity index (χ4v) is 1.46. The topological polar surface area (TPSA) is 69.2 Å². The van der Waals surface area contributed by atoms with Crippen molar-refractivity contribution in [3.63, 3.8) is 0 Å². The highest BCUT2D eigenvalue weighted by Crippen LogP contribution is 2.21. The SMILES string of the molecule is CCCC[C@@H](N)c1cccc([N+](=O)[O-])c1. The highest BCUT2D eigenvalue weighted by Gasteiger charge is 2.10. The summed E-state index contributed by atoms with van der Waals surface area (Å²) in [6.07, 6.45) is 3.00. The molecule has 1 aromatic rings. The molecule has 0 radical (unpaired) electrons. The molecule has 0 saturated carbocycles. The van der Waals surface area contributed by atoms with Crippen molar-refractivity contribution in [2.24, 2.45) is 5.73 Å². The lowest BCUT2D eigenvalue weighted by atomic mass is 10.0. The van der Waals surface area contributed by atoms with Gasteiger partial charge in [0.1, 0.15) is 0 Å². The number of benzene rings is 1. The van der Waals surface area contributed by atoms with E-state index in [-0.39, 0.29) is 11.7 Å². The minimum absolute atomic E-state index is 0.0927. The van der Waals surface area contributed by atoms with Crippen LogP contribution in [0.1, 0.15) is 37.8 Å². The summed E-state index contributed by atoms with van der Waals surface area (Å²) in [5.74, 6) is 0. The molecule has 1 atom stereocenters. The molecule has 1 rings (SSSR count). The van der Waals surface area contributed by atoms with Gasteiger partial charge in [-0.1, -0.05) is 31.9 Å². The average molecular weight is 208 g/mol. The van der Waals surface area contributed by atoms with E-state index in [2.05, 4.69) is 6.92 Å². The standard InChI is InChI=1S/C11H16N2O2/c1-2-3-7-11(12)9-5-4-6-10(8-9)13(14)15/h4-6,8,11H,2-3,7,12H2,1H3/t11-/m1/s1. The van der Waals surface area contributed by atoms with Gasteiger partial charge in [-0.15, -0.1) is 0 Å². The van der Waals surface area contributed by atoms with Crippen LogP contribution in [-0.4, -0.2) is 4.92 Å². The molecule has 0 bridgehead atoms. The molecule has 0 amide bonds. The van der Waals surface area contributed by atoms with E-state index in [0.717, 1.165) is 24.8 Å². The van der Waals surface area contributed by atoms with Crippen LogP contribution < -0.4 is 5.73 Å². The van der Waals surface area contributed by atoms with Gasteiger partial charge in [0, 0.05) is 18.2 Å². The summed E-state index contributed by atoms with van der Waals surface area (Å²) in [4.78, 5) is 10.2. The van der Waals surface area contributed by atoms with Gasteiger partial charge in [-0.05, 0) is 12.0 Å². The first kappa shape index (κ1) is 11.7. The molecule has 0 spiro atoms. The van der Waals surface area contributed by atoms with Crippen LogP contribution in [0.5, 0.6) is 0 Å². The molecule has 0 aliphatic heterocycles. The van der Waals surface area contributed by atoms with Gasteiger partial charge in [-0.3, -0.25) is 10.1 Å². The molecule has 4 nitrogen and oxygen atoms in total. The Hall–Kier alpha value is -1.42. The molecule has 82 valence electrons. The maximum absolute atomic E-state index is 10.6. The molecule has 0 fully saturated rings. The van der Waals surface area contributed by atoms with E-state index < -0.39 is 4.92 Å². The Morgan fingerprint density at radius 3 is 2.87 bits per heavy atom. The van der Waals surface area contributed by atoms with E-state index in [0.29, 0.717) is 0 Å². The van der Waals surface area contributed by atoms with Crippen molar-refractivity contribution in [3.8, 4) is 0 Å². The molecule has 1 aromatic carbocycles. The smallest absolute Gasteiger partial charge is 0.269 e. The first-order chi connectivity index (χ1) is 7.15. The number of nitro benzene ring substituents is 1. The van der Waals surface area contributed by atoms with Crippen molar-refractivity contribution in [2.75, 3.05) is 0 Å². The van der Waals surface area contributed by atoms with Crippen molar-refractivity contribution in [2.45, 2.75) is 32.2 Å². The average Bonchev–Trinajstić information content (AvgIpc) is 2.26. The van der Waals surface area contributed by atoms with E-state index in [1.807, 2.05) is 6.07 Å². The van der Waals surface area contributed by atoms with Crippen LogP contribution in [0.15, 0.2) is 24.3 Å². The zero-order valence-electron chi connectivity index (χ0n) is 8.85. The highest BCUT2D eigenvalue weighted by atomic mass is 16.6. The molecule has 15 heavy (non-hydrogen) atoms. The van der Waals surface area contributed by atoms with Crippen LogP contribution in [0.2, 0.25) is 0 Å². The number of hydrogen-bond donors (Lipinski definition) is 1. The van der Waals surface area contributed by atoms with E-state index in [4.69, 9.17) is 5.73 Å². The maximum atomic E-state index is 10.6. The number of nitrogens with zero attached hydrogens (tertiary/aromatic N) is 1. The van der Waals surface area contributed by atoms with Crippen LogP contribution in [-0.2, 0) is 0 Å². The Morgan fingerprint density at radius 2 is 2.27 bits per heavy atom. The zero-order valence-corrected chi connectivity index (χ0v) is 8.85. The summed E-state index contributed by atoms with van der Waals surface area (Å²) in [6.45, 7) is 2.10. The molecule has 0 unspecified atom stereocenters. The molecular weight excluding hydrogens is 192 g/mol. The summed E-state index contributed by atoms with van der Waals surface area (Å²) in [5.41, 5.74) is 6.88. The molecule has 4 heteroatoms. The number of hydrogen-bond acceptors (Lipinski definition) is 3. The predicted octanol–water partition coefficient (Wildman–Crippen LogP) is 2.78. The maximum Gasteiger partial charge on any atom is 0.269 e. The first-order valence-corrected chi connectivity index (χ1v) is 5.15. The van der Waals surface area contributed by atoms with Gasteiger partial charge in [0.15, 0.2) is 0 Å². The first-order valence-electron chi connectivity index (χ1n) is 5.15. The van der Waals surface area contributed by atoms with Gasteiger partial charge < -0.3 is 5.73 Å². The summed E-state index contributed by atoms with van der Waals surface area (Å²) >= 11 is 0. The van der Waals surface area contributed by atoms with Crippen LogP contribution in [0.4, 0.5) is 5.69 Å². The molecule has 0 saturated heterocycles. The van der Waals surface area contributed by atoms with E-state index in [1.54, 1.807) is 12.1 Å². The van der Waals surface area contributed by atoms with Gasteiger partial charge in [0.25, 0.3) is 5.69 Å². The second-order valence-electron chi connectivity index (χ2n) is 3.60. The van der Waals surface area contributed by atoms with Gasteiger partial charge >= 0.3 is 0 Å². The lowest BCUT2D eigenvalue weighted by Gasteiger charge is -2.10. The monoisotopic (exact) mass is 208 g/mol. The number of unbranched alkanes of at least 4 members (excludes halogenated alkanes) is 1. The third-order valence-corrected chi connectivity index (χ3v) is 2.38. The van der Waals surface area contributed by atoms with Crippen molar-refractivity contribution < 1.29 is 4.92 Å². The van der Waals surface area contributed by atoms with E-state index in [1.165, 1.54) is 6.07 Å². The Kier molecular flexibility index (Phi) is 4.24.